The standard InChI is InChI=1S/C20H21Cl3N2O4S/c1-2-29-19-8-6-15(11-18(19)23)30(27,28)25-9-3-4-13(12-25)20(26)24-14-5-7-16(21)17(22)10-14/h5-8,10-11,13H,2-4,9,12H2,1H3,(H,24,26)/t13-/m1/s1. The fraction of sp³-hybridized carbons (Fsp3) is 0.350. The van der Waals surface area contributed by atoms with E-state index in [4.69, 9.17) is 39.5 Å². The summed E-state index contributed by atoms with van der Waals surface area (Å²) in [7, 11) is -3.79. The zero-order valence-electron chi connectivity index (χ0n) is 16.2. The van der Waals surface area contributed by atoms with Crippen molar-refractivity contribution in [1.29, 1.82) is 0 Å². The van der Waals surface area contributed by atoms with Crippen molar-refractivity contribution >= 4 is 56.4 Å². The predicted molar refractivity (Wildman–Crippen MR) is 119 cm³/mol. The average Bonchev–Trinajstić information content (AvgIpc) is 2.72. The maximum Gasteiger partial charge on any atom is 0.243 e. The number of hydrogen-bond acceptors (Lipinski definition) is 4. The Morgan fingerprint density at radius 3 is 2.57 bits per heavy atom. The monoisotopic (exact) mass is 490 g/mol. The summed E-state index contributed by atoms with van der Waals surface area (Å²) in [5.74, 6) is -0.324. The molecule has 10 heteroatoms. The molecule has 0 bridgehead atoms. The van der Waals surface area contributed by atoms with Crippen LogP contribution in [0.3, 0.4) is 0 Å². The van der Waals surface area contributed by atoms with Gasteiger partial charge in [-0.25, -0.2) is 8.42 Å². The van der Waals surface area contributed by atoms with Crippen LogP contribution in [0.5, 0.6) is 5.75 Å². The van der Waals surface area contributed by atoms with Gasteiger partial charge in [0.2, 0.25) is 15.9 Å². The number of nitrogens with zero attached hydrogens (tertiary/aromatic N) is 1. The first-order chi connectivity index (χ1) is 14.2. The number of carbonyl (C=O) groups excluding carboxylic acids is 1. The number of piperidine rings is 1. The average molecular weight is 492 g/mol. The van der Waals surface area contributed by atoms with E-state index in [9.17, 15) is 13.2 Å². The fourth-order valence-corrected chi connectivity index (χ4v) is 5.41. The lowest BCUT2D eigenvalue weighted by molar-refractivity contribution is -0.120. The molecule has 3 rings (SSSR count). The van der Waals surface area contributed by atoms with Crippen molar-refractivity contribution < 1.29 is 17.9 Å². The molecular weight excluding hydrogens is 471 g/mol. The SMILES string of the molecule is CCOc1ccc(S(=O)(=O)N2CCC[C@@H](C(=O)Nc3ccc(Cl)c(Cl)c3)C2)cc1Cl. The van der Waals surface area contributed by atoms with Gasteiger partial charge in [0.15, 0.2) is 0 Å². The van der Waals surface area contributed by atoms with E-state index < -0.39 is 15.9 Å². The highest BCUT2D eigenvalue weighted by molar-refractivity contribution is 7.89. The third-order valence-electron chi connectivity index (χ3n) is 4.78. The molecule has 0 unspecified atom stereocenters. The van der Waals surface area contributed by atoms with E-state index >= 15 is 0 Å². The van der Waals surface area contributed by atoms with Gasteiger partial charge in [-0.2, -0.15) is 4.31 Å². The Balaban J connectivity index is 1.73. The summed E-state index contributed by atoms with van der Waals surface area (Å²) < 4.78 is 32.8. The molecule has 1 N–H and O–H groups in total. The Labute approximate surface area is 191 Å². The molecule has 6 nitrogen and oxygen atoms in total. The number of rotatable bonds is 6. The zero-order chi connectivity index (χ0) is 21.9. The summed E-state index contributed by atoms with van der Waals surface area (Å²) in [6.45, 7) is 2.66. The lowest BCUT2D eigenvalue weighted by atomic mass is 9.99. The molecule has 0 aliphatic carbocycles. The van der Waals surface area contributed by atoms with E-state index in [1.54, 1.807) is 18.2 Å². The van der Waals surface area contributed by atoms with Gasteiger partial charge in [-0.15, -0.1) is 0 Å². The molecule has 1 atom stereocenters. The Bertz CT molecular complexity index is 1050. The molecule has 30 heavy (non-hydrogen) atoms. The van der Waals surface area contributed by atoms with Crippen molar-refractivity contribution in [3.63, 3.8) is 0 Å². The maximum absolute atomic E-state index is 13.1. The Hall–Kier alpha value is -1.51. The predicted octanol–water partition coefficient (Wildman–Crippen LogP) is 5.08. The lowest BCUT2D eigenvalue weighted by Gasteiger charge is -2.31. The van der Waals surface area contributed by atoms with Gasteiger partial charge in [-0.05, 0) is 56.2 Å². The maximum atomic E-state index is 13.1. The Kier molecular flexibility index (Phi) is 7.52. The molecule has 1 saturated heterocycles. The molecule has 0 radical (unpaired) electrons. The molecule has 2 aromatic carbocycles. The largest absolute Gasteiger partial charge is 0.492 e. The van der Waals surface area contributed by atoms with Crippen molar-refractivity contribution in [2.75, 3.05) is 25.0 Å². The molecule has 1 aliphatic heterocycles. The lowest BCUT2D eigenvalue weighted by Crippen LogP contribution is -2.43. The number of sulfonamides is 1. The molecule has 0 aromatic heterocycles. The van der Waals surface area contributed by atoms with Crippen LogP contribution in [0.2, 0.25) is 15.1 Å². The highest BCUT2D eigenvalue weighted by Gasteiger charge is 2.33. The van der Waals surface area contributed by atoms with Crippen molar-refractivity contribution in [1.82, 2.24) is 4.31 Å². The number of halogens is 3. The van der Waals surface area contributed by atoms with Crippen molar-refractivity contribution in [2.45, 2.75) is 24.7 Å². The van der Waals surface area contributed by atoms with Crippen LogP contribution in [0.25, 0.3) is 0 Å². The summed E-state index contributed by atoms with van der Waals surface area (Å²) in [5.41, 5.74) is 0.507. The fourth-order valence-electron chi connectivity index (χ4n) is 3.26. The molecule has 2 aromatic rings. The first kappa shape index (κ1) is 23.2. The van der Waals surface area contributed by atoms with Crippen LogP contribution in [0.4, 0.5) is 5.69 Å². The number of benzene rings is 2. The van der Waals surface area contributed by atoms with Crippen LogP contribution < -0.4 is 10.1 Å². The molecule has 1 aliphatic rings. The molecule has 1 heterocycles. The molecular formula is C20H21Cl3N2O4S. The summed E-state index contributed by atoms with van der Waals surface area (Å²) in [4.78, 5) is 12.8. The van der Waals surface area contributed by atoms with E-state index in [1.165, 1.54) is 22.5 Å². The molecule has 1 fully saturated rings. The number of nitrogens with one attached hydrogen (secondary N) is 1. The van der Waals surface area contributed by atoms with E-state index in [2.05, 4.69) is 5.32 Å². The van der Waals surface area contributed by atoms with E-state index in [0.717, 1.165) is 0 Å². The van der Waals surface area contributed by atoms with Gasteiger partial charge in [0, 0.05) is 18.8 Å². The Morgan fingerprint density at radius 1 is 1.13 bits per heavy atom. The number of carbonyl (C=O) groups is 1. The van der Waals surface area contributed by atoms with Gasteiger partial charge in [-0.1, -0.05) is 34.8 Å². The smallest absolute Gasteiger partial charge is 0.243 e. The molecule has 162 valence electrons. The third-order valence-corrected chi connectivity index (χ3v) is 7.68. The van der Waals surface area contributed by atoms with Gasteiger partial charge in [0.25, 0.3) is 0 Å². The summed E-state index contributed by atoms with van der Waals surface area (Å²) in [5, 5.41) is 3.72. The van der Waals surface area contributed by atoms with Crippen LogP contribution in [0.15, 0.2) is 41.3 Å². The highest BCUT2D eigenvalue weighted by atomic mass is 35.5. The first-order valence-electron chi connectivity index (χ1n) is 9.40. The second-order valence-electron chi connectivity index (χ2n) is 6.85. The Morgan fingerprint density at radius 2 is 1.90 bits per heavy atom. The van der Waals surface area contributed by atoms with Gasteiger partial charge in [-0.3, -0.25) is 4.79 Å². The van der Waals surface area contributed by atoms with Crippen LogP contribution in [-0.2, 0) is 14.8 Å². The van der Waals surface area contributed by atoms with Gasteiger partial charge in [0.1, 0.15) is 5.75 Å². The highest BCUT2D eigenvalue weighted by Crippen LogP contribution is 2.31. The minimum absolute atomic E-state index is 0.0708. The summed E-state index contributed by atoms with van der Waals surface area (Å²) in [6, 6.07) is 9.17. The minimum atomic E-state index is -3.79. The quantitative estimate of drug-likeness (QED) is 0.611. The third kappa shape index (κ3) is 5.21. The minimum Gasteiger partial charge on any atom is -0.492 e. The molecule has 0 spiro atoms. The number of hydrogen-bond donors (Lipinski definition) is 1. The number of amides is 1. The molecule has 1 amide bonds. The molecule has 0 saturated carbocycles. The van der Waals surface area contributed by atoms with Crippen LogP contribution in [0, 0.1) is 5.92 Å². The van der Waals surface area contributed by atoms with E-state index in [1.807, 2.05) is 6.92 Å². The summed E-state index contributed by atoms with van der Waals surface area (Å²) >= 11 is 18.0. The summed E-state index contributed by atoms with van der Waals surface area (Å²) in [6.07, 6.45) is 1.16. The van der Waals surface area contributed by atoms with Gasteiger partial charge >= 0.3 is 0 Å². The van der Waals surface area contributed by atoms with Crippen molar-refractivity contribution in [3.05, 3.63) is 51.5 Å². The van der Waals surface area contributed by atoms with Crippen LogP contribution in [0.1, 0.15) is 19.8 Å². The van der Waals surface area contributed by atoms with Crippen molar-refractivity contribution in [2.24, 2.45) is 5.92 Å². The zero-order valence-corrected chi connectivity index (χ0v) is 19.3. The van der Waals surface area contributed by atoms with Crippen LogP contribution in [-0.4, -0.2) is 38.3 Å². The van der Waals surface area contributed by atoms with Crippen LogP contribution >= 0.6 is 34.8 Å². The van der Waals surface area contributed by atoms with Gasteiger partial charge < -0.3 is 10.1 Å². The topological polar surface area (TPSA) is 75.7 Å². The number of anilines is 1. The normalized spacial score (nSPS) is 17.5. The second kappa shape index (κ2) is 9.75. The van der Waals surface area contributed by atoms with Gasteiger partial charge in [0.05, 0.1) is 32.5 Å². The van der Waals surface area contributed by atoms with E-state index in [-0.39, 0.29) is 22.4 Å². The number of ether oxygens (including phenoxy) is 1. The van der Waals surface area contributed by atoms with E-state index in [0.29, 0.717) is 47.5 Å². The first-order valence-corrected chi connectivity index (χ1v) is 12.0. The second-order valence-corrected chi connectivity index (χ2v) is 10.0. The van der Waals surface area contributed by atoms with Crippen molar-refractivity contribution in [3.8, 4) is 5.75 Å².